The van der Waals surface area contributed by atoms with Gasteiger partial charge >= 0.3 is 0 Å². The van der Waals surface area contributed by atoms with E-state index in [0.717, 1.165) is 64.3 Å². The van der Waals surface area contributed by atoms with Crippen molar-refractivity contribution in [2.75, 3.05) is 52.4 Å². The molecule has 0 aromatic carbocycles. The number of hydrogen-bond acceptors (Lipinski definition) is 3. The van der Waals surface area contributed by atoms with Crippen molar-refractivity contribution in [3.8, 4) is 0 Å². The second-order valence-corrected chi connectivity index (χ2v) is 7.31. The summed E-state index contributed by atoms with van der Waals surface area (Å²) in [7, 11) is 0. The van der Waals surface area contributed by atoms with Crippen LogP contribution in [-0.4, -0.2) is 73.8 Å². The Morgan fingerprint density at radius 2 is 2.18 bits per heavy atom. The highest BCUT2D eigenvalue weighted by Gasteiger charge is 2.26. The maximum atomic E-state index is 5.77. The molecule has 0 saturated carbocycles. The molecule has 5 heteroatoms. The van der Waals surface area contributed by atoms with Crippen molar-refractivity contribution >= 4 is 5.96 Å². The van der Waals surface area contributed by atoms with Crippen LogP contribution in [0.4, 0.5) is 0 Å². The van der Waals surface area contributed by atoms with Crippen LogP contribution in [0.2, 0.25) is 0 Å². The SMILES string of the molecule is CCNC(=NCCN1CCOC(C)(C)C1)N1CCCC(C)C1. The lowest BCUT2D eigenvalue weighted by molar-refractivity contribution is -0.0850. The molecule has 1 unspecified atom stereocenters. The van der Waals surface area contributed by atoms with Gasteiger partial charge in [-0.25, -0.2) is 0 Å². The van der Waals surface area contributed by atoms with Crippen molar-refractivity contribution in [2.24, 2.45) is 10.9 Å². The van der Waals surface area contributed by atoms with Crippen molar-refractivity contribution in [2.45, 2.75) is 46.1 Å². The Morgan fingerprint density at radius 3 is 2.86 bits per heavy atom. The van der Waals surface area contributed by atoms with Gasteiger partial charge in [0.05, 0.1) is 18.8 Å². The van der Waals surface area contributed by atoms with Gasteiger partial charge in [0, 0.05) is 39.3 Å². The second kappa shape index (κ2) is 8.16. The quantitative estimate of drug-likeness (QED) is 0.635. The molecule has 0 aromatic heterocycles. The van der Waals surface area contributed by atoms with Crippen LogP contribution in [0.3, 0.4) is 0 Å². The molecule has 1 atom stereocenters. The molecule has 5 nitrogen and oxygen atoms in total. The fourth-order valence-corrected chi connectivity index (χ4v) is 3.41. The van der Waals surface area contributed by atoms with Gasteiger partial charge in [-0.2, -0.15) is 0 Å². The summed E-state index contributed by atoms with van der Waals surface area (Å²) in [5.74, 6) is 1.87. The minimum atomic E-state index is -0.0191. The van der Waals surface area contributed by atoms with Crippen molar-refractivity contribution in [1.29, 1.82) is 0 Å². The first kappa shape index (κ1) is 17.5. The van der Waals surface area contributed by atoms with Crippen LogP contribution >= 0.6 is 0 Å². The van der Waals surface area contributed by atoms with E-state index in [4.69, 9.17) is 9.73 Å². The monoisotopic (exact) mass is 310 g/mol. The molecule has 0 aromatic rings. The predicted octanol–water partition coefficient (Wildman–Crippen LogP) is 1.79. The molecule has 1 N–H and O–H groups in total. The molecule has 0 spiro atoms. The molecule has 0 bridgehead atoms. The van der Waals surface area contributed by atoms with Crippen molar-refractivity contribution < 1.29 is 4.74 Å². The van der Waals surface area contributed by atoms with E-state index in [0.29, 0.717) is 0 Å². The van der Waals surface area contributed by atoms with Gasteiger partial charge in [-0.05, 0) is 39.5 Å². The van der Waals surface area contributed by atoms with Crippen molar-refractivity contribution in [3.63, 3.8) is 0 Å². The fraction of sp³-hybridized carbons (Fsp3) is 0.941. The molecule has 22 heavy (non-hydrogen) atoms. The number of rotatable bonds is 4. The Kier molecular flexibility index (Phi) is 6.50. The van der Waals surface area contributed by atoms with E-state index < -0.39 is 0 Å². The third-order valence-corrected chi connectivity index (χ3v) is 4.47. The minimum Gasteiger partial charge on any atom is -0.373 e. The Labute approximate surface area is 136 Å². The molecular weight excluding hydrogens is 276 g/mol. The number of guanidine groups is 1. The summed E-state index contributed by atoms with van der Waals surface area (Å²) < 4.78 is 5.77. The summed E-state index contributed by atoms with van der Waals surface area (Å²) in [5, 5.41) is 3.46. The normalized spacial score (nSPS) is 27.0. The lowest BCUT2D eigenvalue weighted by atomic mass is 10.0. The fourth-order valence-electron chi connectivity index (χ4n) is 3.41. The molecule has 0 aliphatic carbocycles. The zero-order valence-corrected chi connectivity index (χ0v) is 14.9. The predicted molar refractivity (Wildman–Crippen MR) is 92.4 cm³/mol. The first-order valence-electron chi connectivity index (χ1n) is 8.90. The smallest absolute Gasteiger partial charge is 0.193 e. The van der Waals surface area contributed by atoms with E-state index in [-0.39, 0.29) is 5.60 Å². The van der Waals surface area contributed by atoms with E-state index in [9.17, 15) is 0 Å². The zero-order valence-electron chi connectivity index (χ0n) is 14.9. The van der Waals surface area contributed by atoms with Crippen LogP contribution in [0.15, 0.2) is 4.99 Å². The van der Waals surface area contributed by atoms with Gasteiger partial charge in [0.1, 0.15) is 0 Å². The Morgan fingerprint density at radius 1 is 1.36 bits per heavy atom. The summed E-state index contributed by atoms with van der Waals surface area (Å²) in [6, 6.07) is 0. The lowest BCUT2D eigenvalue weighted by Gasteiger charge is -2.38. The molecule has 2 saturated heterocycles. The van der Waals surface area contributed by atoms with Gasteiger partial charge in [0.25, 0.3) is 0 Å². The third kappa shape index (κ3) is 5.43. The van der Waals surface area contributed by atoms with Gasteiger partial charge in [-0.15, -0.1) is 0 Å². The Hall–Kier alpha value is -0.810. The molecule has 2 aliphatic rings. The average Bonchev–Trinajstić information content (AvgIpc) is 2.45. The summed E-state index contributed by atoms with van der Waals surface area (Å²) in [6.45, 7) is 16.8. The highest BCUT2D eigenvalue weighted by atomic mass is 16.5. The first-order chi connectivity index (χ1) is 10.5. The van der Waals surface area contributed by atoms with E-state index in [1.165, 1.54) is 12.8 Å². The number of morpholine rings is 1. The van der Waals surface area contributed by atoms with E-state index in [1.54, 1.807) is 0 Å². The van der Waals surface area contributed by atoms with Gasteiger partial charge in [-0.1, -0.05) is 6.92 Å². The molecule has 2 rings (SSSR count). The van der Waals surface area contributed by atoms with Crippen LogP contribution in [0, 0.1) is 5.92 Å². The van der Waals surface area contributed by atoms with Crippen molar-refractivity contribution in [1.82, 2.24) is 15.1 Å². The Bertz CT molecular complexity index is 370. The number of ether oxygens (including phenoxy) is 1. The molecule has 2 aliphatic heterocycles. The van der Waals surface area contributed by atoms with E-state index >= 15 is 0 Å². The number of nitrogens with zero attached hydrogens (tertiary/aromatic N) is 3. The van der Waals surface area contributed by atoms with Gasteiger partial charge in [0.15, 0.2) is 5.96 Å². The van der Waals surface area contributed by atoms with Crippen LogP contribution < -0.4 is 5.32 Å². The van der Waals surface area contributed by atoms with Crippen LogP contribution in [0.5, 0.6) is 0 Å². The minimum absolute atomic E-state index is 0.0191. The molecular formula is C17H34N4O. The molecule has 0 amide bonds. The lowest BCUT2D eigenvalue weighted by Crippen LogP contribution is -2.49. The number of likely N-dealkylation sites (tertiary alicyclic amines) is 1. The van der Waals surface area contributed by atoms with Gasteiger partial charge in [0.2, 0.25) is 0 Å². The second-order valence-electron chi connectivity index (χ2n) is 7.31. The topological polar surface area (TPSA) is 40.1 Å². The summed E-state index contributed by atoms with van der Waals surface area (Å²) in [4.78, 5) is 9.76. The van der Waals surface area contributed by atoms with Gasteiger partial charge in [-0.3, -0.25) is 9.89 Å². The average molecular weight is 310 g/mol. The van der Waals surface area contributed by atoms with E-state index in [1.807, 2.05) is 0 Å². The summed E-state index contributed by atoms with van der Waals surface area (Å²) in [6.07, 6.45) is 2.63. The van der Waals surface area contributed by atoms with Crippen LogP contribution in [-0.2, 0) is 4.74 Å². The summed E-state index contributed by atoms with van der Waals surface area (Å²) in [5.41, 5.74) is -0.0191. The maximum absolute atomic E-state index is 5.77. The zero-order chi connectivity index (χ0) is 16.0. The number of hydrogen-bond donors (Lipinski definition) is 1. The number of piperidine rings is 1. The molecule has 128 valence electrons. The summed E-state index contributed by atoms with van der Waals surface area (Å²) >= 11 is 0. The third-order valence-electron chi connectivity index (χ3n) is 4.47. The number of aliphatic imine (C=N–C) groups is 1. The number of nitrogens with one attached hydrogen (secondary N) is 1. The van der Waals surface area contributed by atoms with E-state index in [2.05, 4.69) is 42.8 Å². The highest BCUT2D eigenvalue weighted by molar-refractivity contribution is 5.80. The maximum Gasteiger partial charge on any atom is 0.193 e. The molecule has 2 heterocycles. The highest BCUT2D eigenvalue weighted by Crippen LogP contribution is 2.17. The molecule has 2 fully saturated rings. The Balaban J connectivity index is 1.84. The van der Waals surface area contributed by atoms with Crippen LogP contribution in [0.25, 0.3) is 0 Å². The molecule has 0 radical (unpaired) electrons. The standard InChI is InChI=1S/C17H34N4O/c1-5-18-16(21-9-6-7-15(2)13-21)19-8-10-20-11-12-22-17(3,4)14-20/h15H,5-14H2,1-4H3,(H,18,19). The first-order valence-corrected chi connectivity index (χ1v) is 8.90. The largest absolute Gasteiger partial charge is 0.373 e. The van der Waals surface area contributed by atoms with Gasteiger partial charge < -0.3 is 15.0 Å². The van der Waals surface area contributed by atoms with Crippen molar-refractivity contribution in [3.05, 3.63) is 0 Å². The van der Waals surface area contributed by atoms with Crippen LogP contribution in [0.1, 0.15) is 40.5 Å².